The summed E-state index contributed by atoms with van der Waals surface area (Å²) in [6.45, 7) is 3.16. The van der Waals surface area contributed by atoms with Gasteiger partial charge >= 0.3 is 6.03 Å². The molecular formula is C22H26N6O. The molecule has 29 heavy (non-hydrogen) atoms. The summed E-state index contributed by atoms with van der Waals surface area (Å²) in [4.78, 5) is 21.1. The maximum Gasteiger partial charge on any atom is 0.321 e. The molecule has 1 N–H and O–H groups in total. The highest BCUT2D eigenvalue weighted by Crippen LogP contribution is 2.26. The smallest absolute Gasteiger partial charge is 0.321 e. The van der Waals surface area contributed by atoms with Gasteiger partial charge < -0.3 is 15.1 Å². The highest BCUT2D eigenvalue weighted by Gasteiger charge is 2.19. The first-order chi connectivity index (χ1) is 14.2. The number of nitrogens with one attached hydrogen (secondary N) is 1. The number of benzene rings is 1. The molecule has 4 rings (SSSR count). The van der Waals surface area contributed by atoms with Crippen LogP contribution in [0.2, 0.25) is 0 Å². The summed E-state index contributed by atoms with van der Waals surface area (Å²) in [5.41, 5.74) is 2.94. The van der Waals surface area contributed by atoms with Gasteiger partial charge in [0.05, 0.1) is 25.0 Å². The Balaban J connectivity index is 1.37. The number of carbonyl (C=O) groups excluding carboxylic acids is 1. The van der Waals surface area contributed by atoms with Crippen LogP contribution in [0.3, 0.4) is 0 Å². The van der Waals surface area contributed by atoms with Crippen molar-refractivity contribution in [1.82, 2.24) is 19.7 Å². The van der Waals surface area contributed by atoms with E-state index >= 15 is 0 Å². The molecule has 2 aromatic heterocycles. The molecule has 1 fully saturated rings. The zero-order valence-corrected chi connectivity index (χ0v) is 16.7. The molecule has 0 saturated carbocycles. The van der Waals surface area contributed by atoms with E-state index in [0.29, 0.717) is 13.1 Å². The second kappa shape index (κ2) is 8.77. The van der Waals surface area contributed by atoms with Crippen molar-refractivity contribution in [1.29, 1.82) is 0 Å². The first-order valence-electron chi connectivity index (χ1n) is 9.96. The van der Waals surface area contributed by atoms with Crippen LogP contribution in [-0.4, -0.2) is 45.8 Å². The van der Waals surface area contributed by atoms with Crippen molar-refractivity contribution in [3.63, 3.8) is 0 Å². The fraction of sp³-hybridized carbons (Fsp3) is 0.318. The lowest BCUT2D eigenvalue weighted by molar-refractivity contribution is 0.220. The lowest BCUT2D eigenvalue weighted by atomic mass is 10.2. The Morgan fingerprint density at radius 1 is 1.10 bits per heavy atom. The Morgan fingerprint density at radius 2 is 1.90 bits per heavy atom. The van der Waals surface area contributed by atoms with Crippen LogP contribution in [-0.2, 0) is 13.1 Å². The molecule has 1 aliphatic heterocycles. The number of anilines is 2. The molecule has 7 heteroatoms. The lowest BCUT2D eigenvalue weighted by Gasteiger charge is -2.22. The molecule has 0 aliphatic carbocycles. The molecular weight excluding hydrogens is 364 g/mol. The lowest BCUT2D eigenvalue weighted by Crippen LogP contribution is -2.31. The largest absolute Gasteiger partial charge is 0.355 e. The van der Waals surface area contributed by atoms with E-state index in [4.69, 9.17) is 0 Å². The Bertz CT molecular complexity index is 949. The number of urea groups is 1. The summed E-state index contributed by atoms with van der Waals surface area (Å²) in [7, 11) is 1.79. The van der Waals surface area contributed by atoms with Gasteiger partial charge in [-0.2, -0.15) is 5.10 Å². The first kappa shape index (κ1) is 19.0. The topological polar surface area (TPSA) is 66.3 Å². The van der Waals surface area contributed by atoms with Gasteiger partial charge in [0.25, 0.3) is 0 Å². The molecule has 0 atom stereocenters. The minimum absolute atomic E-state index is 0.158. The average Bonchev–Trinajstić information content (AvgIpc) is 3.41. The molecule has 0 unspecified atom stereocenters. The summed E-state index contributed by atoms with van der Waals surface area (Å²) in [5, 5.41) is 7.43. The zero-order chi connectivity index (χ0) is 20.1. The van der Waals surface area contributed by atoms with Crippen molar-refractivity contribution in [2.24, 2.45) is 0 Å². The van der Waals surface area contributed by atoms with E-state index in [0.717, 1.165) is 43.0 Å². The SMILES string of the molecule is CN(Cc1cnn(Cc2ccccc2)c1)C(=O)Nc1cccnc1N1CCCC1. The molecule has 3 heterocycles. The fourth-order valence-corrected chi connectivity index (χ4v) is 3.58. The van der Waals surface area contributed by atoms with Crippen LogP contribution in [0.5, 0.6) is 0 Å². The molecule has 2 amide bonds. The van der Waals surface area contributed by atoms with E-state index in [1.807, 2.05) is 47.4 Å². The molecule has 1 aliphatic rings. The standard InChI is InChI=1S/C22H26N6O/c1-26(15-19-14-24-28(17-19)16-18-8-3-2-4-9-18)22(29)25-20-10-7-11-23-21(20)27-12-5-6-13-27/h2-4,7-11,14,17H,5-6,12-13,15-16H2,1H3,(H,25,29). The number of aromatic nitrogens is 3. The highest BCUT2D eigenvalue weighted by molar-refractivity contribution is 5.92. The monoisotopic (exact) mass is 390 g/mol. The number of pyridine rings is 1. The fourth-order valence-electron chi connectivity index (χ4n) is 3.58. The van der Waals surface area contributed by atoms with Gasteiger partial charge in [-0.25, -0.2) is 9.78 Å². The van der Waals surface area contributed by atoms with Crippen LogP contribution >= 0.6 is 0 Å². The first-order valence-corrected chi connectivity index (χ1v) is 9.96. The molecule has 0 bridgehead atoms. The van der Waals surface area contributed by atoms with Gasteiger partial charge in [-0.1, -0.05) is 30.3 Å². The molecule has 3 aromatic rings. The third kappa shape index (κ3) is 4.74. The number of rotatable bonds is 6. The van der Waals surface area contributed by atoms with Crippen LogP contribution in [0, 0.1) is 0 Å². The van der Waals surface area contributed by atoms with Crippen molar-refractivity contribution < 1.29 is 4.79 Å². The minimum atomic E-state index is -0.158. The Hall–Kier alpha value is -3.35. The van der Waals surface area contributed by atoms with Crippen LogP contribution < -0.4 is 10.2 Å². The molecule has 150 valence electrons. The number of hydrogen-bond acceptors (Lipinski definition) is 4. The summed E-state index contributed by atoms with van der Waals surface area (Å²) in [6.07, 6.45) is 7.89. The molecule has 1 saturated heterocycles. The molecule has 0 radical (unpaired) electrons. The van der Waals surface area contributed by atoms with Gasteiger partial charge in [0, 0.05) is 38.1 Å². The van der Waals surface area contributed by atoms with E-state index in [2.05, 4.69) is 32.4 Å². The van der Waals surface area contributed by atoms with Crippen LogP contribution in [0.25, 0.3) is 0 Å². The molecule has 7 nitrogen and oxygen atoms in total. The van der Waals surface area contributed by atoms with Gasteiger partial charge in [-0.3, -0.25) is 4.68 Å². The third-order valence-corrected chi connectivity index (χ3v) is 5.07. The summed E-state index contributed by atoms with van der Waals surface area (Å²) < 4.78 is 1.89. The average molecular weight is 390 g/mol. The predicted octanol–water partition coefficient (Wildman–Crippen LogP) is 3.59. The van der Waals surface area contributed by atoms with Gasteiger partial charge in [0.1, 0.15) is 0 Å². The van der Waals surface area contributed by atoms with Crippen molar-refractivity contribution in [3.05, 3.63) is 72.2 Å². The third-order valence-electron chi connectivity index (χ3n) is 5.07. The number of nitrogens with zero attached hydrogens (tertiary/aromatic N) is 5. The van der Waals surface area contributed by atoms with E-state index in [1.54, 1.807) is 18.1 Å². The normalized spacial score (nSPS) is 13.5. The van der Waals surface area contributed by atoms with Gasteiger partial charge in [0.2, 0.25) is 0 Å². The van der Waals surface area contributed by atoms with Crippen molar-refractivity contribution in [3.8, 4) is 0 Å². The summed E-state index contributed by atoms with van der Waals surface area (Å²) in [5.74, 6) is 0.849. The Morgan fingerprint density at radius 3 is 2.69 bits per heavy atom. The van der Waals surface area contributed by atoms with E-state index in [1.165, 1.54) is 5.56 Å². The molecule has 0 spiro atoms. The van der Waals surface area contributed by atoms with Crippen molar-refractivity contribution in [2.45, 2.75) is 25.9 Å². The van der Waals surface area contributed by atoms with Gasteiger partial charge in [-0.05, 0) is 30.5 Å². The van der Waals surface area contributed by atoms with Gasteiger partial charge in [0.15, 0.2) is 5.82 Å². The van der Waals surface area contributed by atoms with Crippen LogP contribution in [0.1, 0.15) is 24.0 Å². The summed E-state index contributed by atoms with van der Waals surface area (Å²) >= 11 is 0. The van der Waals surface area contributed by atoms with Gasteiger partial charge in [-0.15, -0.1) is 0 Å². The molecule has 1 aromatic carbocycles. The van der Waals surface area contributed by atoms with Crippen LogP contribution in [0.15, 0.2) is 61.1 Å². The number of amides is 2. The highest BCUT2D eigenvalue weighted by atomic mass is 16.2. The predicted molar refractivity (Wildman–Crippen MR) is 114 cm³/mol. The number of hydrogen-bond donors (Lipinski definition) is 1. The van der Waals surface area contributed by atoms with E-state index in [-0.39, 0.29) is 6.03 Å². The van der Waals surface area contributed by atoms with E-state index < -0.39 is 0 Å². The van der Waals surface area contributed by atoms with Crippen molar-refractivity contribution >= 4 is 17.5 Å². The minimum Gasteiger partial charge on any atom is -0.355 e. The van der Waals surface area contributed by atoms with Crippen LogP contribution in [0.4, 0.5) is 16.3 Å². The maximum absolute atomic E-state index is 12.7. The number of carbonyl (C=O) groups is 1. The Labute approximate surface area is 171 Å². The summed E-state index contributed by atoms with van der Waals surface area (Å²) in [6, 6.07) is 13.8. The second-order valence-corrected chi connectivity index (χ2v) is 7.39. The second-order valence-electron chi connectivity index (χ2n) is 7.39. The Kier molecular flexibility index (Phi) is 5.74. The quantitative estimate of drug-likeness (QED) is 0.699. The van der Waals surface area contributed by atoms with Crippen molar-refractivity contribution in [2.75, 3.05) is 30.4 Å². The van der Waals surface area contributed by atoms with E-state index in [9.17, 15) is 4.79 Å². The maximum atomic E-state index is 12.7. The zero-order valence-electron chi connectivity index (χ0n) is 16.7.